The highest BCUT2D eigenvalue weighted by Gasteiger charge is 2.25. The number of aromatic nitrogens is 1. The largest absolute Gasteiger partial charge is 0.386 e. The van der Waals surface area contributed by atoms with Crippen LogP contribution in [0.25, 0.3) is 0 Å². The molecule has 2 aromatic rings. The summed E-state index contributed by atoms with van der Waals surface area (Å²) in [7, 11) is -0.424. The smallest absolute Gasteiger partial charge is 0.262 e. The Hall–Kier alpha value is -1.44. The maximum absolute atomic E-state index is 12.6. The molecule has 1 aromatic heterocycles. The van der Waals surface area contributed by atoms with E-state index in [-0.39, 0.29) is 11.6 Å². The Kier molecular flexibility index (Phi) is 4.97. The van der Waals surface area contributed by atoms with Gasteiger partial charge in [0, 0.05) is 31.3 Å². The third kappa shape index (κ3) is 3.61. The van der Waals surface area contributed by atoms with Gasteiger partial charge in [-0.3, -0.25) is 0 Å². The standard InChI is InChI=1S/C14H16BrN3O2S/c1-16-13-4-3-9-17-14(13)21(19,20)18(2)10-11-5-7-12(15)8-6-11/h3-9,16H,10H2,1-2H3. The molecule has 7 heteroatoms. The molecule has 1 aromatic carbocycles. The third-order valence-electron chi connectivity index (χ3n) is 3.01. The maximum atomic E-state index is 12.6. The van der Waals surface area contributed by atoms with Crippen molar-refractivity contribution in [3.05, 3.63) is 52.6 Å². The molecule has 0 aliphatic heterocycles. The van der Waals surface area contributed by atoms with E-state index in [0.29, 0.717) is 5.69 Å². The lowest BCUT2D eigenvalue weighted by Gasteiger charge is -2.18. The van der Waals surface area contributed by atoms with Crippen molar-refractivity contribution in [3.8, 4) is 0 Å². The lowest BCUT2D eigenvalue weighted by molar-refractivity contribution is 0.464. The summed E-state index contributed by atoms with van der Waals surface area (Å²) >= 11 is 3.36. The molecule has 2 rings (SSSR count). The molecule has 0 radical (unpaired) electrons. The van der Waals surface area contributed by atoms with Crippen LogP contribution in [0.15, 0.2) is 52.1 Å². The average molecular weight is 370 g/mol. The topological polar surface area (TPSA) is 62.3 Å². The van der Waals surface area contributed by atoms with E-state index in [2.05, 4.69) is 26.2 Å². The average Bonchev–Trinajstić information content (AvgIpc) is 2.49. The van der Waals surface area contributed by atoms with Crippen molar-refractivity contribution in [2.75, 3.05) is 19.4 Å². The van der Waals surface area contributed by atoms with Crippen LogP contribution in [0.4, 0.5) is 5.69 Å². The van der Waals surface area contributed by atoms with E-state index in [9.17, 15) is 8.42 Å². The minimum absolute atomic E-state index is 0.0344. The first-order chi connectivity index (χ1) is 9.95. The second-order valence-corrected chi connectivity index (χ2v) is 7.37. The molecule has 5 nitrogen and oxygen atoms in total. The van der Waals surface area contributed by atoms with E-state index < -0.39 is 10.0 Å². The second-order valence-electron chi connectivity index (χ2n) is 4.49. The van der Waals surface area contributed by atoms with Crippen LogP contribution in [0.5, 0.6) is 0 Å². The van der Waals surface area contributed by atoms with Crippen molar-refractivity contribution in [1.29, 1.82) is 0 Å². The third-order valence-corrected chi connectivity index (χ3v) is 5.31. The van der Waals surface area contributed by atoms with E-state index >= 15 is 0 Å². The van der Waals surface area contributed by atoms with Crippen molar-refractivity contribution in [2.24, 2.45) is 0 Å². The summed E-state index contributed by atoms with van der Waals surface area (Å²) in [6, 6.07) is 10.9. The predicted octanol–water partition coefficient (Wildman–Crippen LogP) is 2.71. The molecule has 0 spiro atoms. The Morgan fingerprint density at radius 2 is 1.90 bits per heavy atom. The van der Waals surface area contributed by atoms with Gasteiger partial charge in [0.15, 0.2) is 5.03 Å². The molecule has 0 aliphatic carbocycles. The Balaban J connectivity index is 2.28. The minimum Gasteiger partial charge on any atom is -0.386 e. The zero-order valence-corrected chi connectivity index (χ0v) is 14.1. The van der Waals surface area contributed by atoms with Crippen molar-refractivity contribution in [2.45, 2.75) is 11.6 Å². The summed E-state index contributed by atoms with van der Waals surface area (Å²) in [5.74, 6) is 0. The second kappa shape index (κ2) is 6.55. The summed E-state index contributed by atoms with van der Waals surface area (Å²) in [6.45, 7) is 0.287. The van der Waals surface area contributed by atoms with E-state index in [4.69, 9.17) is 0 Å². The van der Waals surface area contributed by atoms with Crippen LogP contribution in [0, 0.1) is 0 Å². The van der Waals surface area contributed by atoms with Crippen molar-refractivity contribution in [1.82, 2.24) is 9.29 Å². The Bertz CT molecular complexity index is 717. The normalized spacial score (nSPS) is 11.6. The number of rotatable bonds is 5. The van der Waals surface area contributed by atoms with Crippen molar-refractivity contribution in [3.63, 3.8) is 0 Å². The van der Waals surface area contributed by atoms with Gasteiger partial charge < -0.3 is 5.32 Å². The highest BCUT2D eigenvalue weighted by molar-refractivity contribution is 9.10. The minimum atomic E-state index is -3.64. The number of pyridine rings is 1. The zero-order chi connectivity index (χ0) is 15.5. The Morgan fingerprint density at radius 1 is 1.24 bits per heavy atom. The van der Waals surface area contributed by atoms with E-state index in [0.717, 1.165) is 10.0 Å². The molecular weight excluding hydrogens is 354 g/mol. The summed E-state index contributed by atoms with van der Waals surface area (Å²) < 4.78 is 27.4. The number of nitrogens with one attached hydrogen (secondary N) is 1. The van der Waals surface area contributed by atoms with Crippen LogP contribution in [-0.2, 0) is 16.6 Å². The maximum Gasteiger partial charge on any atom is 0.262 e. The fourth-order valence-corrected chi connectivity index (χ4v) is 3.39. The van der Waals surface area contributed by atoms with Crippen molar-refractivity contribution >= 4 is 31.6 Å². The van der Waals surface area contributed by atoms with Gasteiger partial charge in [0.1, 0.15) is 0 Å². The Morgan fingerprint density at radius 3 is 2.52 bits per heavy atom. The number of hydrogen-bond acceptors (Lipinski definition) is 4. The molecule has 21 heavy (non-hydrogen) atoms. The van der Waals surface area contributed by atoms with Crippen LogP contribution < -0.4 is 5.32 Å². The Labute approximate surface area is 133 Å². The molecule has 1 heterocycles. The first-order valence-electron chi connectivity index (χ1n) is 6.28. The van der Waals surface area contributed by atoms with Gasteiger partial charge in [-0.05, 0) is 29.8 Å². The van der Waals surface area contributed by atoms with Crippen LogP contribution in [0.1, 0.15) is 5.56 Å². The van der Waals surface area contributed by atoms with Gasteiger partial charge in [-0.25, -0.2) is 13.4 Å². The molecule has 0 fully saturated rings. The molecule has 0 aliphatic rings. The number of benzene rings is 1. The fraction of sp³-hybridized carbons (Fsp3) is 0.214. The quantitative estimate of drug-likeness (QED) is 0.879. The van der Waals surface area contributed by atoms with Crippen LogP contribution in [-0.4, -0.2) is 31.8 Å². The number of sulfonamides is 1. The van der Waals surface area contributed by atoms with Gasteiger partial charge in [-0.15, -0.1) is 0 Å². The fourth-order valence-electron chi connectivity index (χ4n) is 1.87. The van der Waals surface area contributed by atoms with Gasteiger partial charge in [-0.1, -0.05) is 28.1 Å². The number of halogens is 1. The van der Waals surface area contributed by atoms with E-state index in [1.165, 1.54) is 10.5 Å². The van der Waals surface area contributed by atoms with Crippen LogP contribution in [0.2, 0.25) is 0 Å². The van der Waals surface area contributed by atoms with Gasteiger partial charge in [0.2, 0.25) is 0 Å². The molecule has 0 atom stereocenters. The number of hydrogen-bond donors (Lipinski definition) is 1. The lowest BCUT2D eigenvalue weighted by Crippen LogP contribution is -2.27. The highest BCUT2D eigenvalue weighted by Crippen LogP contribution is 2.22. The van der Waals surface area contributed by atoms with Gasteiger partial charge in [0.05, 0.1) is 5.69 Å². The van der Waals surface area contributed by atoms with Crippen LogP contribution >= 0.6 is 15.9 Å². The monoisotopic (exact) mass is 369 g/mol. The molecule has 0 bridgehead atoms. The highest BCUT2D eigenvalue weighted by atomic mass is 79.9. The first-order valence-corrected chi connectivity index (χ1v) is 8.52. The van der Waals surface area contributed by atoms with Gasteiger partial charge >= 0.3 is 0 Å². The molecule has 0 amide bonds. The molecular formula is C14H16BrN3O2S. The van der Waals surface area contributed by atoms with Crippen LogP contribution in [0.3, 0.4) is 0 Å². The predicted molar refractivity (Wildman–Crippen MR) is 86.6 cm³/mol. The first kappa shape index (κ1) is 15.9. The number of anilines is 1. The van der Waals surface area contributed by atoms with Gasteiger partial charge in [0.25, 0.3) is 10.0 Å². The molecule has 112 valence electrons. The SMILES string of the molecule is CNc1cccnc1S(=O)(=O)N(C)Cc1ccc(Br)cc1. The molecule has 0 saturated carbocycles. The molecule has 0 unspecified atom stereocenters. The summed E-state index contributed by atoms with van der Waals surface area (Å²) in [6.07, 6.45) is 1.47. The molecule has 1 N–H and O–H groups in total. The van der Waals surface area contributed by atoms with Gasteiger partial charge in [-0.2, -0.15) is 4.31 Å². The summed E-state index contributed by atoms with van der Waals surface area (Å²) in [4.78, 5) is 4.00. The lowest BCUT2D eigenvalue weighted by atomic mass is 10.2. The number of nitrogens with zero attached hydrogens (tertiary/aromatic N) is 2. The molecule has 0 saturated heterocycles. The zero-order valence-electron chi connectivity index (χ0n) is 11.7. The summed E-state index contributed by atoms with van der Waals surface area (Å²) in [5, 5.41) is 2.89. The summed E-state index contributed by atoms with van der Waals surface area (Å²) in [5.41, 5.74) is 1.39. The van der Waals surface area contributed by atoms with E-state index in [1.54, 1.807) is 26.2 Å². The van der Waals surface area contributed by atoms with Crippen molar-refractivity contribution < 1.29 is 8.42 Å². The van der Waals surface area contributed by atoms with E-state index in [1.807, 2.05) is 24.3 Å².